The summed E-state index contributed by atoms with van der Waals surface area (Å²) in [5.74, 6) is -1.51. The molecular formula is C50H49N3O7. The van der Waals surface area contributed by atoms with Gasteiger partial charge in [0.15, 0.2) is 0 Å². The maximum absolute atomic E-state index is 15.0. The molecule has 306 valence electrons. The van der Waals surface area contributed by atoms with Gasteiger partial charge >= 0.3 is 18.2 Å². The molecule has 0 bridgehead atoms. The lowest BCUT2D eigenvalue weighted by atomic mass is 9.98. The van der Waals surface area contributed by atoms with E-state index in [1.807, 2.05) is 133 Å². The standard InChI is InChI=1S/C50H49N3O7/c1-50(2,3)60-49(57)52-44(29-34-24-27-36-16-8-9-17-38(36)28-34)46(54)53(31-33-22-25-37(26-23-33)35-14-6-5-7-15-35)45(47(55)58-4)30-51-48(56)59-32-43-41-20-12-10-18-39(41)40-19-11-13-21-42(40)43/h5-28,43-45H,29-32H2,1-4H3,(H,51,56)(H,52,57)/t44-,45-/m0/s1. The number of carbonyl (C=O) groups excluding carboxylic acids is 4. The van der Waals surface area contributed by atoms with Crippen LogP contribution in [0.25, 0.3) is 33.0 Å². The highest BCUT2D eigenvalue weighted by Crippen LogP contribution is 2.44. The molecule has 0 saturated carbocycles. The number of carbonyl (C=O) groups is 4. The van der Waals surface area contributed by atoms with Gasteiger partial charge in [0, 0.05) is 18.9 Å². The molecule has 3 amide bonds. The summed E-state index contributed by atoms with van der Waals surface area (Å²) >= 11 is 0. The van der Waals surface area contributed by atoms with Gasteiger partial charge in [-0.3, -0.25) is 4.79 Å². The van der Waals surface area contributed by atoms with Crippen molar-refractivity contribution in [3.63, 3.8) is 0 Å². The zero-order valence-corrected chi connectivity index (χ0v) is 34.2. The monoisotopic (exact) mass is 803 g/mol. The number of fused-ring (bicyclic) bond motifs is 4. The molecule has 0 aromatic heterocycles. The van der Waals surface area contributed by atoms with Gasteiger partial charge in [-0.2, -0.15) is 0 Å². The van der Waals surface area contributed by atoms with E-state index in [4.69, 9.17) is 14.2 Å². The largest absolute Gasteiger partial charge is 0.467 e. The number of amides is 3. The van der Waals surface area contributed by atoms with Crippen molar-refractivity contribution in [2.75, 3.05) is 20.3 Å². The second-order valence-corrected chi connectivity index (χ2v) is 15.9. The molecule has 2 atom stereocenters. The molecular weight excluding hydrogens is 755 g/mol. The summed E-state index contributed by atoms with van der Waals surface area (Å²) in [6, 6.07) is 44.8. The van der Waals surface area contributed by atoms with Crippen molar-refractivity contribution in [1.29, 1.82) is 0 Å². The maximum Gasteiger partial charge on any atom is 0.408 e. The van der Waals surface area contributed by atoms with E-state index in [2.05, 4.69) is 22.8 Å². The number of nitrogens with one attached hydrogen (secondary N) is 2. The predicted octanol–water partition coefficient (Wildman–Crippen LogP) is 9.05. The SMILES string of the molecule is COC(=O)[C@H](CNC(=O)OCC1c2ccccc2-c2ccccc21)N(Cc1ccc(-c2ccccc2)cc1)C(=O)[C@H](Cc1ccc2ccccc2c1)NC(=O)OC(C)(C)C. The Morgan fingerprint density at radius 1 is 0.667 bits per heavy atom. The minimum atomic E-state index is -1.31. The average molecular weight is 804 g/mol. The molecule has 0 spiro atoms. The third kappa shape index (κ3) is 9.84. The molecule has 1 aliphatic rings. The van der Waals surface area contributed by atoms with Crippen molar-refractivity contribution >= 4 is 34.8 Å². The summed E-state index contributed by atoms with van der Waals surface area (Å²) in [5, 5.41) is 7.52. The van der Waals surface area contributed by atoms with Crippen molar-refractivity contribution < 1.29 is 33.4 Å². The van der Waals surface area contributed by atoms with Gasteiger partial charge < -0.3 is 29.7 Å². The predicted molar refractivity (Wildman–Crippen MR) is 232 cm³/mol. The molecule has 0 fully saturated rings. The van der Waals surface area contributed by atoms with Crippen molar-refractivity contribution in [3.8, 4) is 22.3 Å². The van der Waals surface area contributed by atoms with Crippen molar-refractivity contribution in [3.05, 3.63) is 168 Å². The number of ether oxygens (including phenoxy) is 3. The maximum atomic E-state index is 15.0. The third-order valence-corrected chi connectivity index (χ3v) is 10.6. The van der Waals surface area contributed by atoms with E-state index in [0.29, 0.717) is 5.56 Å². The summed E-state index contributed by atoms with van der Waals surface area (Å²) in [6.45, 7) is 4.89. The molecule has 10 nitrogen and oxygen atoms in total. The second-order valence-electron chi connectivity index (χ2n) is 15.9. The number of nitrogens with zero attached hydrogens (tertiary/aromatic N) is 1. The van der Waals surface area contributed by atoms with Crippen LogP contribution in [0.3, 0.4) is 0 Å². The van der Waals surface area contributed by atoms with Gasteiger partial charge in [0.25, 0.3) is 0 Å². The molecule has 0 aliphatic heterocycles. The molecule has 1 aliphatic carbocycles. The Labute approximate surface area is 350 Å². The second kappa shape index (κ2) is 18.3. The first kappa shape index (κ1) is 41.2. The summed E-state index contributed by atoms with van der Waals surface area (Å²) in [6.07, 6.45) is -1.47. The van der Waals surface area contributed by atoms with Gasteiger partial charge in [-0.05, 0) is 76.1 Å². The molecule has 6 aromatic rings. The van der Waals surface area contributed by atoms with Crippen molar-refractivity contribution in [2.24, 2.45) is 0 Å². The Hall–Kier alpha value is -6.94. The summed E-state index contributed by atoms with van der Waals surface area (Å²) in [4.78, 5) is 57.0. The highest BCUT2D eigenvalue weighted by molar-refractivity contribution is 5.91. The van der Waals surface area contributed by atoms with Crippen LogP contribution in [0.15, 0.2) is 146 Å². The normalized spacial score (nSPS) is 13.0. The summed E-state index contributed by atoms with van der Waals surface area (Å²) in [5.41, 5.74) is 6.94. The number of benzene rings is 6. The van der Waals surface area contributed by atoms with E-state index < -0.39 is 41.7 Å². The first-order chi connectivity index (χ1) is 29.0. The quantitative estimate of drug-likeness (QED) is 0.0883. The lowest BCUT2D eigenvalue weighted by Crippen LogP contribution is -2.57. The zero-order chi connectivity index (χ0) is 42.2. The molecule has 10 heteroatoms. The Balaban J connectivity index is 1.17. The lowest BCUT2D eigenvalue weighted by molar-refractivity contribution is -0.154. The first-order valence-corrected chi connectivity index (χ1v) is 20.1. The summed E-state index contributed by atoms with van der Waals surface area (Å²) in [7, 11) is 1.23. The van der Waals surface area contributed by atoms with E-state index in [0.717, 1.165) is 49.7 Å². The van der Waals surface area contributed by atoms with Gasteiger partial charge in [0.05, 0.1) is 13.7 Å². The summed E-state index contributed by atoms with van der Waals surface area (Å²) < 4.78 is 16.7. The average Bonchev–Trinajstić information content (AvgIpc) is 3.57. The minimum Gasteiger partial charge on any atom is -0.467 e. The van der Waals surface area contributed by atoms with Gasteiger partial charge in [0.1, 0.15) is 24.3 Å². The fraction of sp³-hybridized carbons (Fsp3) is 0.240. The van der Waals surface area contributed by atoms with Crippen LogP contribution in [0, 0.1) is 0 Å². The Morgan fingerprint density at radius 2 is 1.25 bits per heavy atom. The smallest absolute Gasteiger partial charge is 0.408 e. The minimum absolute atomic E-state index is 0.0513. The molecule has 0 unspecified atom stereocenters. The van der Waals surface area contributed by atoms with E-state index in [1.165, 1.54) is 12.0 Å². The van der Waals surface area contributed by atoms with E-state index in [1.54, 1.807) is 20.8 Å². The Bertz CT molecular complexity index is 2430. The molecule has 0 heterocycles. The molecule has 2 N–H and O–H groups in total. The van der Waals surface area contributed by atoms with Gasteiger partial charge in [-0.1, -0.05) is 146 Å². The number of esters is 1. The number of alkyl carbamates (subject to hydrolysis) is 2. The van der Waals surface area contributed by atoms with Crippen LogP contribution in [0.4, 0.5) is 9.59 Å². The van der Waals surface area contributed by atoms with Crippen molar-refractivity contribution in [1.82, 2.24) is 15.5 Å². The number of hydrogen-bond acceptors (Lipinski definition) is 7. The van der Waals surface area contributed by atoms with Crippen molar-refractivity contribution in [2.45, 2.75) is 57.3 Å². The molecule has 0 radical (unpaired) electrons. The topological polar surface area (TPSA) is 123 Å². The fourth-order valence-electron chi connectivity index (χ4n) is 7.71. The van der Waals surface area contributed by atoms with E-state index >= 15 is 4.79 Å². The number of hydrogen-bond donors (Lipinski definition) is 2. The molecule has 6 aromatic carbocycles. The van der Waals surface area contributed by atoms with Crippen LogP contribution in [-0.4, -0.2) is 66.9 Å². The fourth-order valence-corrected chi connectivity index (χ4v) is 7.71. The lowest BCUT2D eigenvalue weighted by Gasteiger charge is -2.34. The Kier molecular flexibility index (Phi) is 12.6. The van der Waals surface area contributed by atoms with Crippen LogP contribution >= 0.6 is 0 Å². The molecule has 60 heavy (non-hydrogen) atoms. The molecule has 0 saturated heterocycles. The van der Waals surface area contributed by atoms with Gasteiger partial charge in [-0.25, -0.2) is 14.4 Å². The third-order valence-electron chi connectivity index (χ3n) is 10.6. The van der Waals surface area contributed by atoms with Gasteiger partial charge in [0.2, 0.25) is 5.91 Å². The van der Waals surface area contributed by atoms with Crippen LogP contribution < -0.4 is 10.6 Å². The highest BCUT2D eigenvalue weighted by atomic mass is 16.6. The van der Waals surface area contributed by atoms with E-state index in [-0.39, 0.29) is 32.0 Å². The first-order valence-electron chi connectivity index (χ1n) is 20.1. The number of rotatable bonds is 13. The van der Waals surface area contributed by atoms with E-state index in [9.17, 15) is 14.4 Å². The highest BCUT2D eigenvalue weighted by Gasteiger charge is 2.37. The zero-order valence-electron chi connectivity index (χ0n) is 34.2. The van der Waals surface area contributed by atoms with Gasteiger partial charge in [-0.15, -0.1) is 0 Å². The Morgan fingerprint density at radius 3 is 1.90 bits per heavy atom. The van der Waals surface area contributed by atoms with Crippen LogP contribution in [0.2, 0.25) is 0 Å². The van der Waals surface area contributed by atoms with Crippen LogP contribution in [0.5, 0.6) is 0 Å². The van der Waals surface area contributed by atoms with Crippen LogP contribution in [-0.2, 0) is 36.8 Å². The number of methoxy groups -OCH3 is 1. The van der Waals surface area contributed by atoms with Crippen LogP contribution in [0.1, 0.15) is 48.9 Å². The molecule has 7 rings (SSSR count).